The Bertz CT molecular complexity index is 1080. The van der Waals surface area contributed by atoms with Crippen LogP contribution in [-0.2, 0) is 12.8 Å². The van der Waals surface area contributed by atoms with E-state index in [-0.39, 0.29) is 5.91 Å². The van der Waals surface area contributed by atoms with Gasteiger partial charge in [-0.1, -0.05) is 36.8 Å². The van der Waals surface area contributed by atoms with Crippen LogP contribution in [-0.4, -0.2) is 41.1 Å². The number of aromatic nitrogens is 1. The maximum absolute atomic E-state index is 12.8. The molecule has 2 aromatic carbocycles. The first-order valence-corrected chi connectivity index (χ1v) is 12.6. The van der Waals surface area contributed by atoms with Crippen molar-refractivity contribution in [3.05, 3.63) is 77.5 Å². The molecule has 1 aromatic heterocycles. The number of nitrogens with zero attached hydrogens (tertiary/aromatic N) is 2. The topological polar surface area (TPSA) is 37.3 Å². The van der Waals surface area contributed by atoms with Gasteiger partial charge in [-0.25, -0.2) is 0 Å². The minimum atomic E-state index is 0.0176. The highest BCUT2D eigenvalue weighted by atomic mass is 16.1. The standard InChI is InChI=1S/C29H35N3O/c1-22-9-7-8-19-31(22)20-18-30-29(33)24-14-16-26(17-15-24)32-27-13-6-5-12-25(27)21-28(32)23-10-3-2-4-11-23/h2-4,10-11,14-17,21-22H,5-9,12-13,18-20H2,1H3,(H,30,33). The summed E-state index contributed by atoms with van der Waals surface area (Å²) in [6.45, 7) is 5.08. The Labute approximate surface area is 197 Å². The third-order valence-corrected chi connectivity index (χ3v) is 7.38. The molecule has 5 rings (SSSR count). The molecule has 1 N–H and O–H groups in total. The summed E-state index contributed by atoms with van der Waals surface area (Å²) in [5.41, 5.74) is 7.24. The van der Waals surface area contributed by atoms with Crippen molar-refractivity contribution in [3.63, 3.8) is 0 Å². The van der Waals surface area contributed by atoms with Crippen LogP contribution in [0.15, 0.2) is 60.7 Å². The number of likely N-dealkylation sites (tertiary alicyclic amines) is 1. The fourth-order valence-electron chi connectivity index (χ4n) is 5.48. The molecule has 1 aliphatic heterocycles. The molecule has 172 valence electrons. The summed E-state index contributed by atoms with van der Waals surface area (Å²) in [5, 5.41) is 3.12. The van der Waals surface area contributed by atoms with E-state index in [0.29, 0.717) is 12.6 Å². The molecule has 2 aliphatic rings. The van der Waals surface area contributed by atoms with Crippen molar-refractivity contribution < 1.29 is 4.79 Å². The van der Waals surface area contributed by atoms with Gasteiger partial charge in [0.15, 0.2) is 0 Å². The number of amides is 1. The molecule has 0 radical (unpaired) electrons. The van der Waals surface area contributed by atoms with Crippen molar-refractivity contribution >= 4 is 5.91 Å². The van der Waals surface area contributed by atoms with Crippen LogP contribution < -0.4 is 5.32 Å². The van der Waals surface area contributed by atoms with Gasteiger partial charge in [0.25, 0.3) is 5.91 Å². The number of carbonyl (C=O) groups is 1. The van der Waals surface area contributed by atoms with Gasteiger partial charge in [-0.3, -0.25) is 9.69 Å². The number of carbonyl (C=O) groups excluding carboxylic acids is 1. The van der Waals surface area contributed by atoms with E-state index >= 15 is 0 Å². The Morgan fingerprint density at radius 1 is 0.970 bits per heavy atom. The maximum Gasteiger partial charge on any atom is 0.251 e. The first-order valence-electron chi connectivity index (χ1n) is 12.6. The Morgan fingerprint density at radius 3 is 2.55 bits per heavy atom. The third-order valence-electron chi connectivity index (χ3n) is 7.38. The normalized spacial score (nSPS) is 18.6. The highest BCUT2D eigenvalue weighted by Gasteiger charge is 2.21. The lowest BCUT2D eigenvalue weighted by atomic mass is 9.98. The highest BCUT2D eigenvalue weighted by molar-refractivity contribution is 5.94. The maximum atomic E-state index is 12.8. The number of hydrogen-bond acceptors (Lipinski definition) is 2. The van der Waals surface area contributed by atoms with Gasteiger partial charge < -0.3 is 9.88 Å². The average Bonchev–Trinajstić information content (AvgIpc) is 3.25. The number of fused-ring (bicyclic) bond motifs is 1. The molecule has 33 heavy (non-hydrogen) atoms. The van der Waals surface area contributed by atoms with Crippen LogP contribution in [0.1, 0.15) is 60.6 Å². The Balaban J connectivity index is 1.32. The van der Waals surface area contributed by atoms with Gasteiger partial charge in [-0.15, -0.1) is 0 Å². The number of aryl methyl sites for hydroxylation is 1. The van der Waals surface area contributed by atoms with Crippen LogP contribution in [0.25, 0.3) is 16.9 Å². The molecule has 0 bridgehead atoms. The first-order chi connectivity index (χ1) is 16.2. The van der Waals surface area contributed by atoms with Gasteiger partial charge in [0.05, 0.1) is 5.69 Å². The van der Waals surface area contributed by atoms with E-state index in [9.17, 15) is 4.79 Å². The zero-order valence-electron chi connectivity index (χ0n) is 19.7. The number of nitrogens with one attached hydrogen (secondary N) is 1. The predicted octanol–water partition coefficient (Wildman–Crippen LogP) is 5.63. The predicted molar refractivity (Wildman–Crippen MR) is 135 cm³/mol. The van der Waals surface area contributed by atoms with Crippen LogP contribution in [0.2, 0.25) is 0 Å². The summed E-state index contributed by atoms with van der Waals surface area (Å²) in [7, 11) is 0. The molecule has 1 atom stereocenters. The van der Waals surface area contributed by atoms with Crippen LogP contribution in [0.4, 0.5) is 0 Å². The second-order valence-corrected chi connectivity index (χ2v) is 9.59. The van der Waals surface area contributed by atoms with E-state index in [2.05, 4.69) is 70.2 Å². The van der Waals surface area contributed by atoms with Gasteiger partial charge >= 0.3 is 0 Å². The first kappa shape index (κ1) is 22.0. The van der Waals surface area contributed by atoms with Crippen LogP contribution >= 0.6 is 0 Å². The number of hydrogen-bond donors (Lipinski definition) is 1. The molecule has 1 aliphatic carbocycles. The molecule has 1 fully saturated rings. The Hall–Kier alpha value is -2.85. The highest BCUT2D eigenvalue weighted by Crippen LogP contribution is 2.33. The molecule has 3 aromatic rings. The fraction of sp³-hybridized carbons (Fsp3) is 0.414. The van der Waals surface area contributed by atoms with Crippen molar-refractivity contribution in [1.29, 1.82) is 0 Å². The van der Waals surface area contributed by atoms with Gasteiger partial charge in [-0.05, 0) is 93.5 Å². The van der Waals surface area contributed by atoms with Crippen LogP contribution in [0.5, 0.6) is 0 Å². The third kappa shape index (κ3) is 4.77. The summed E-state index contributed by atoms with van der Waals surface area (Å²) in [5.74, 6) is 0.0176. The smallest absolute Gasteiger partial charge is 0.251 e. The zero-order valence-corrected chi connectivity index (χ0v) is 19.7. The molecule has 0 saturated carbocycles. The SMILES string of the molecule is CC1CCCCN1CCNC(=O)c1ccc(-n2c(-c3ccccc3)cc3c2CCCC3)cc1. The molecule has 1 amide bonds. The lowest BCUT2D eigenvalue weighted by molar-refractivity contribution is 0.0938. The van der Waals surface area contributed by atoms with E-state index in [1.807, 2.05) is 12.1 Å². The summed E-state index contributed by atoms with van der Waals surface area (Å²) >= 11 is 0. The second kappa shape index (κ2) is 9.96. The summed E-state index contributed by atoms with van der Waals surface area (Å²) in [6.07, 6.45) is 8.63. The van der Waals surface area contributed by atoms with Crippen molar-refractivity contribution in [2.75, 3.05) is 19.6 Å². The van der Waals surface area contributed by atoms with E-state index < -0.39 is 0 Å². The zero-order chi connectivity index (χ0) is 22.6. The minimum absolute atomic E-state index is 0.0176. The fourth-order valence-corrected chi connectivity index (χ4v) is 5.48. The molecular weight excluding hydrogens is 406 g/mol. The van der Waals surface area contributed by atoms with Crippen molar-refractivity contribution in [2.24, 2.45) is 0 Å². The lowest BCUT2D eigenvalue weighted by Crippen LogP contribution is -2.42. The lowest BCUT2D eigenvalue weighted by Gasteiger charge is -2.33. The molecule has 4 nitrogen and oxygen atoms in total. The van der Waals surface area contributed by atoms with Gasteiger partial charge in [0.1, 0.15) is 0 Å². The quantitative estimate of drug-likeness (QED) is 0.538. The number of rotatable bonds is 6. The Morgan fingerprint density at radius 2 is 1.76 bits per heavy atom. The van der Waals surface area contributed by atoms with E-state index in [1.54, 1.807) is 0 Å². The Kier molecular flexibility index (Phi) is 6.63. The summed E-state index contributed by atoms with van der Waals surface area (Å²) in [4.78, 5) is 15.2. The van der Waals surface area contributed by atoms with Crippen LogP contribution in [0.3, 0.4) is 0 Å². The van der Waals surface area contributed by atoms with E-state index in [0.717, 1.165) is 37.2 Å². The van der Waals surface area contributed by atoms with Gasteiger partial charge in [-0.2, -0.15) is 0 Å². The second-order valence-electron chi connectivity index (χ2n) is 9.59. The molecular formula is C29H35N3O. The molecule has 1 saturated heterocycles. The molecule has 0 spiro atoms. The summed E-state index contributed by atoms with van der Waals surface area (Å²) < 4.78 is 2.41. The monoisotopic (exact) mass is 441 g/mol. The van der Waals surface area contributed by atoms with Crippen LogP contribution in [0, 0.1) is 0 Å². The average molecular weight is 442 g/mol. The van der Waals surface area contributed by atoms with Crippen molar-refractivity contribution in [2.45, 2.75) is 57.9 Å². The minimum Gasteiger partial charge on any atom is -0.351 e. The number of piperidine rings is 1. The van der Waals surface area contributed by atoms with E-state index in [4.69, 9.17) is 0 Å². The van der Waals surface area contributed by atoms with Crippen molar-refractivity contribution in [1.82, 2.24) is 14.8 Å². The molecule has 1 unspecified atom stereocenters. The summed E-state index contributed by atoms with van der Waals surface area (Å²) in [6, 6.07) is 21.8. The van der Waals surface area contributed by atoms with Crippen molar-refractivity contribution in [3.8, 4) is 16.9 Å². The van der Waals surface area contributed by atoms with E-state index in [1.165, 1.54) is 54.6 Å². The van der Waals surface area contributed by atoms with Gasteiger partial charge in [0.2, 0.25) is 0 Å². The number of benzene rings is 2. The van der Waals surface area contributed by atoms with Gasteiger partial charge in [0, 0.05) is 36.1 Å². The largest absolute Gasteiger partial charge is 0.351 e. The molecule has 2 heterocycles. The molecule has 4 heteroatoms.